The fourth-order valence-corrected chi connectivity index (χ4v) is 0.837. The molecule has 12 heavy (non-hydrogen) atoms. The van der Waals surface area contributed by atoms with Crippen LogP contribution in [0.15, 0.2) is 6.33 Å². The smallest absolute Gasteiger partial charge is 0.256 e. The lowest BCUT2D eigenvalue weighted by molar-refractivity contribution is 0.293. The molecule has 0 fully saturated rings. The third-order valence-corrected chi connectivity index (χ3v) is 1.45. The largest absolute Gasteiger partial charge is 0.333 e. The van der Waals surface area contributed by atoms with Gasteiger partial charge in [-0.1, -0.05) is 0 Å². The first kappa shape index (κ1) is 9.03. The minimum absolute atomic E-state index is 0.0795. The second-order valence-electron chi connectivity index (χ2n) is 1.89. The number of nitrogens with zero attached hydrogens (tertiary/aromatic N) is 4. The Morgan fingerprint density at radius 1 is 1.58 bits per heavy atom. The number of aromatic nitrogens is 4. The van der Waals surface area contributed by atoms with Crippen molar-refractivity contribution in [2.45, 2.75) is 6.54 Å². The summed E-state index contributed by atoms with van der Waals surface area (Å²) >= 11 is 0. The van der Waals surface area contributed by atoms with Crippen LogP contribution in [0.25, 0.3) is 0 Å². The Hall–Kier alpha value is -1.06. The molecule has 0 atom stereocenters. The van der Waals surface area contributed by atoms with Crippen LogP contribution < -0.4 is 5.14 Å². The summed E-state index contributed by atoms with van der Waals surface area (Å²) < 4.78 is 26.1. The van der Waals surface area contributed by atoms with E-state index in [9.17, 15) is 8.42 Å². The highest BCUT2D eigenvalue weighted by Gasteiger charge is 2.01. The zero-order valence-corrected chi connectivity index (χ0v) is 6.81. The van der Waals surface area contributed by atoms with Gasteiger partial charge in [-0.3, -0.25) is 4.18 Å². The zero-order valence-electron chi connectivity index (χ0n) is 5.99. The van der Waals surface area contributed by atoms with Crippen LogP contribution >= 0.6 is 0 Å². The molecule has 0 unspecified atom stereocenters. The molecule has 68 valence electrons. The van der Waals surface area contributed by atoms with Gasteiger partial charge in [0.1, 0.15) is 6.33 Å². The van der Waals surface area contributed by atoms with E-state index in [1.54, 1.807) is 0 Å². The van der Waals surface area contributed by atoms with Gasteiger partial charge in [0.05, 0.1) is 13.2 Å². The first-order valence-electron chi connectivity index (χ1n) is 2.96. The summed E-state index contributed by atoms with van der Waals surface area (Å²) in [5.74, 6) is 0. The molecule has 1 heterocycles. The van der Waals surface area contributed by atoms with Crippen molar-refractivity contribution in [3.63, 3.8) is 0 Å². The van der Waals surface area contributed by atoms with Gasteiger partial charge in [-0.25, -0.2) is 9.82 Å². The molecule has 1 aromatic rings. The molecular weight excluding hydrogens is 186 g/mol. The standard InChI is InChI=1S/C3H7N5O3S/c4-12(9,10)11-2-1-8-3-5-6-7-8/h3H,1-2H2,(H2,4,9,10). The molecule has 0 aliphatic carbocycles. The van der Waals surface area contributed by atoms with Crippen molar-refractivity contribution in [2.75, 3.05) is 6.61 Å². The van der Waals surface area contributed by atoms with Crippen molar-refractivity contribution in [3.05, 3.63) is 6.33 Å². The van der Waals surface area contributed by atoms with E-state index >= 15 is 0 Å². The van der Waals surface area contributed by atoms with E-state index in [0.29, 0.717) is 0 Å². The highest BCUT2D eigenvalue weighted by atomic mass is 32.2. The Labute approximate surface area is 68.6 Å². The first-order chi connectivity index (χ1) is 5.58. The lowest BCUT2D eigenvalue weighted by atomic mass is 10.7. The second-order valence-corrected chi connectivity index (χ2v) is 3.11. The number of tetrazole rings is 1. The molecule has 1 rings (SSSR count). The van der Waals surface area contributed by atoms with Gasteiger partial charge in [0.25, 0.3) is 0 Å². The van der Waals surface area contributed by atoms with Crippen LogP contribution in [0.3, 0.4) is 0 Å². The quantitative estimate of drug-likeness (QED) is 0.585. The molecule has 2 N–H and O–H groups in total. The predicted octanol–water partition coefficient (Wildman–Crippen LogP) is -2.11. The Morgan fingerprint density at radius 3 is 2.83 bits per heavy atom. The maximum Gasteiger partial charge on any atom is 0.333 e. The summed E-state index contributed by atoms with van der Waals surface area (Å²) in [6, 6.07) is 0. The summed E-state index contributed by atoms with van der Waals surface area (Å²) in [5, 5.41) is 14.7. The van der Waals surface area contributed by atoms with Crippen LogP contribution in [0.1, 0.15) is 0 Å². The van der Waals surface area contributed by atoms with E-state index in [1.165, 1.54) is 11.0 Å². The fraction of sp³-hybridized carbons (Fsp3) is 0.667. The molecule has 0 spiro atoms. The maximum atomic E-state index is 10.3. The van der Waals surface area contributed by atoms with E-state index in [2.05, 4.69) is 24.8 Å². The molecule has 0 saturated heterocycles. The monoisotopic (exact) mass is 193 g/mol. The van der Waals surface area contributed by atoms with E-state index in [1.807, 2.05) is 0 Å². The van der Waals surface area contributed by atoms with Crippen molar-refractivity contribution in [1.82, 2.24) is 20.2 Å². The van der Waals surface area contributed by atoms with Crippen LogP contribution in [0.2, 0.25) is 0 Å². The van der Waals surface area contributed by atoms with Gasteiger partial charge in [0.2, 0.25) is 0 Å². The van der Waals surface area contributed by atoms with E-state index in [0.717, 1.165) is 0 Å². The lowest BCUT2D eigenvalue weighted by Gasteiger charge is -1.98. The molecule has 9 heteroatoms. The summed E-state index contributed by atoms with van der Waals surface area (Å²) in [6.45, 7) is 0.160. The third-order valence-electron chi connectivity index (χ3n) is 0.959. The SMILES string of the molecule is NS(=O)(=O)OCCn1cnnn1. The minimum atomic E-state index is -3.86. The average molecular weight is 193 g/mol. The van der Waals surface area contributed by atoms with E-state index in [4.69, 9.17) is 0 Å². The van der Waals surface area contributed by atoms with Gasteiger partial charge >= 0.3 is 10.3 Å². The predicted molar refractivity (Wildman–Crippen MR) is 36.9 cm³/mol. The number of hydrogen-bond acceptors (Lipinski definition) is 6. The molecule has 0 bridgehead atoms. The molecular formula is C3H7N5O3S. The van der Waals surface area contributed by atoms with Crippen LogP contribution in [0, 0.1) is 0 Å². The Morgan fingerprint density at radius 2 is 2.33 bits per heavy atom. The van der Waals surface area contributed by atoms with Crippen LogP contribution in [0.4, 0.5) is 0 Å². The molecule has 0 aliphatic heterocycles. The van der Waals surface area contributed by atoms with Gasteiger partial charge in [-0.15, -0.1) is 5.10 Å². The normalized spacial score (nSPS) is 11.8. The van der Waals surface area contributed by atoms with Gasteiger partial charge in [0.15, 0.2) is 0 Å². The summed E-state index contributed by atoms with van der Waals surface area (Å²) in [5.41, 5.74) is 0. The second kappa shape index (κ2) is 3.56. The summed E-state index contributed by atoms with van der Waals surface area (Å²) in [6.07, 6.45) is 1.34. The molecule has 0 aromatic carbocycles. The molecule has 0 aliphatic rings. The number of rotatable bonds is 4. The third kappa shape index (κ3) is 3.37. The van der Waals surface area contributed by atoms with Gasteiger partial charge in [-0.05, 0) is 10.4 Å². The Balaban J connectivity index is 2.29. The highest BCUT2D eigenvalue weighted by Crippen LogP contribution is 1.84. The number of hydrogen-bond donors (Lipinski definition) is 1. The van der Waals surface area contributed by atoms with Crippen LogP contribution in [0.5, 0.6) is 0 Å². The van der Waals surface area contributed by atoms with Crippen molar-refractivity contribution >= 4 is 10.3 Å². The Kier molecular flexibility index (Phi) is 2.68. The van der Waals surface area contributed by atoms with Gasteiger partial charge < -0.3 is 0 Å². The minimum Gasteiger partial charge on any atom is -0.256 e. The van der Waals surface area contributed by atoms with Crippen molar-refractivity contribution in [3.8, 4) is 0 Å². The van der Waals surface area contributed by atoms with Crippen LogP contribution in [-0.4, -0.2) is 35.2 Å². The van der Waals surface area contributed by atoms with E-state index < -0.39 is 10.3 Å². The summed E-state index contributed by atoms with van der Waals surface area (Å²) in [4.78, 5) is 0. The fourth-order valence-electron chi connectivity index (χ4n) is 0.530. The van der Waals surface area contributed by atoms with Crippen molar-refractivity contribution in [1.29, 1.82) is 0 Å². The number of nitrogens with two attached hydrogens (primary N) is 1. The van der Waals surface area contributed by atoms with Crippen LogP contribution in [-0.2, 0) is 21.0 Å². The lowest BCUT2D eigenvalue weighted by Crippen LogP contribution is -2.18. The molecule has 8 nitrogen and oxygen atoms in total. The first-order valence-corrected chi connectivity index (χ1v) is 4.43. The molecule has 0 radical (unpaired) electrons. The van der Waals surface area contributed by atoms with Gasteiger partial charge in [0, 0.05) is 0 Å². The summed E-state index contributed by atoms with van der Waals surface area (Å²) in [7, 11) is -3.86. The highest BCUT2D eigenvalue weighted by molar-refractivity contribution is 7.84. The molecule has 1 aromatic heterocycles. The average Bonchev–Trinajstić information content (AvgIpc) is 2.36. The molecule has 0 amide bonds. The molecule has 0 saturated carbocycles. The maximum absolute atomic E-state index is 10.3. The van der Waals surface area contributed by atoms with Crippen molar-refractivity contribution < 1.29 is 12.6 Å². The van der Waals surface area contributed by atoms with Gasteiger partial charge in [-0.2, -0.15) is 8.42 Å². The topological polar surface area (TPSA) is 113 Å². The Bertz CT molecular complexity index is 318. The van der Waals surface area contributed by atoms with Crippen molar-refractivity contribution in [2.24, 2.45) is 5.14 Å². The zero-order chi connectivity index (χ0) is 9.03. The van der Waals surface area contributed by atoms with E-state index in [-0.39, 0.29) is 13.2 Å².